The van der Waals surface area contributed by atoms with Gasteiger partial charge in [-0.05, 0) is 121 Å². The standard InChI is InChI=1S/C50H61N7O8/c1-7-27(3)44(54-49(60)62-5)47(58)56-28(4)9-15-41(56)39-23-36-35-24-43-37(22-30(35)11-14-38(36)52-39)34-13-10-31(21-32(34)26-65-43)40-25-51-46(53-40)42-16-12-33(8-2)57(42)48(59)45(55-50(61)63-6)29-17-19-64-20-18-29/h10-11,13-14,21-22,24-25,27-29,33,41-42,44-45H,7-9,12,15-20,23,26H2,1-6H3,(H,51,53)(H,54,60)(H,55,61)/t27-,28-,33-,41-,42-,44-,45-/m0/s1. The number of amides is 4. The summed E-state index contributed by atoms with van der Waals surface area (Å²) in [5, 5.41) is 7.86. The lowest BCUT2D eigenvalue weighted by atomic mass is 9.90. The Morgan fingerprint density at radius 3 is 2.40 bits per heavy atom. The summed E-state index contributed by atoms with van der Waals surface area (Å²) in [7, 11) is 2.63. The molecule has 3 fully saturated rings. The molecular formula is C50H61N7O8. The van der Waals surface area contributed by atoms with E-state index in [1.165, 1.54) is 14.2 Å². The van der Waals surface area contributed by atoms with Crippen LogP contribution < -0.4 is 15.4 Å². The maximum atomic E-state index is 14.4. The van der Waals surface area contributed by atoms with Crippen molar-refractivity contribution >= 4 is 46.2 Å². The fraction of sp³-hybridized carbons (Fsp3) is 0.520. The van der Waals surface area contributed by atoms with Crippen LogP contribution in [0.1, 0.15) is 102 Å². The second kappa shape index (κ2) is 18.5. The molecule has 15 nitrogen and oxygen atoms in total. The molecule has 0 spiro atoms. The minimum Gasteiger partial charge on any atom is -0.488 e. The third kappa shape index (κ3) is 8.32. The number of methoxy groups -OCH3 is 2. The molecule has 0 unspecified atom stereocenters. The molecule has 7 atom stereocenters. The van der Waals surface area contributed by atoms with E-state index in [2.05, 4.69) is 71.9 Å². The quantitative estimate of drug-likeness (QED) is 0.134. The van der Waals surface area contributed by atoms with Gasteiger partial charge in [0.1, 0.15) is 30.3 Å². The van der Waals surface area contributed by atoms with E-state index in [4.69, 9.17) is 28.9 Å². The zero-order valence-corrected chi connectivity index (χ0v) is 38.3. The molecular weight excluding hydrogens is 827 g/mol. The highest BCUT2D eigenvalue weighted by molar-refractivity contribution is 6.06. The van der Waals surface area contributed by atoms with Crippen LogP contribution in [0.2, 0.25) is 0 Å². The maximum Gasteiger partial charge on any atom is 0.407 e. The topological polar surface area (TPSA) is 177 Å². The van der Waals surface area contributed by atoms with Crippen LogP contribution in [0.25, 0.3) is 33.2 Å². The average molecular weight is 888 g/mol. The van der Waals surface area contributed by atoms with Crippen LogP contribution >= 0.6 is 0 Å². The first-order valence-corrected chi connectivity index (χ1v) is 23.4. The van der Waals surface area contributed by atoms with Crippen LogP contribution in [-0.2, 0) is 36.8 Å². The SMILES string of the molecule is CC[C@H]1CC[C@@H](c2ncc(-c3ccc4c(c3)COc3cc5c6c(ccc5cc3-4)N=C([C@@H]3CC[C@H](C)N3C(=O)[C@@H](NC(=O)OC)[C@@H](C)CC)C6)[nH]2)N1C(=O)[C@@H](NC(=O)OC)C1CCOCC1. The number of aromatic amines is 1. The maximum absolute atomic E-state index is 14.4. The van der Waals surface area contributed by atoms with Crippen LogP contribution in [0.3, 0.4) is 0 Å². The summed E-state index contributed by atoms with van der Waals surface area (Å²) in [6.45, 7) is 9.68. The molecule has 5 aliphatic heterocycles. The molecule has 1 aromatic heterocycles. The van der Waals surface area contributed by atoms with Crippen molar-refractivity contribution in [3.05, 3.63) is 65.6 Å². The third-order valence-corrected chi connectivity index (χ3v) is 14.8. The lowest BCUT2D eigenvalue weighted by Gasteiger charge is -2.36. The summed E-state index contributed by atoms with van der Waals surface area (Å²) in [5.41, 5.74) is 8.03. The predicted octanol–water partition coefficient (Wildman–Crippen LogP) is 8.16. The molecule has 0 radical (unpaired) electrons. The van der Waals surface area contributed by atoms with Crippen LogP contribution in [0, 0.1) is 11.8 Å². The van der Waals surface area contributed by atoms with E-state index >= 15 is 0 Å². The molecule has 4 amide bonds. The van der Waals surface area contributed by atoms with Crippen molar-refractivity contribution in [1.82, 2.24) is 30.4 Å². The average Bonchev–Trinajstić information content (AvgIpc) is 4.17. The van der Waals surface area contributed by atoms with Crippen LogP contribution in [0.15, 0.2) is 53.7 Å². The molecule has 0 bridgehead atoms. The van der Waals surface area contributed by atoms with Gasteiger partial charge in [-0.2, -0.15) is 0 Å². The van der Waals surface area contributed by atoms with E-state index < -0.39 is 24.3 Å². The highest BCUT2D eigenvalue weighted by Crippen LogP contribution is 2.45. The van der Waals surface area contributed by atoms with Gasteiger partial charge in [0, 0.05) is 43.0 Å². The van der Waals surface area contributed by atoms with Crippen molar-refractivity contribution in [2.45, 2.75) is 128 Å². The number of likely N-dealkylation sites (tertiary alicyclic amines) is 2. The number of fused-ring (bicyclic) bond motifs is 6. The van der Waals surface area contributed by atoms with Gasteiger partial charge in [-0.25, -0.2) is 14.6 Å². The number of nitrogens with one attached hydrogen (secondary N) is 3. The number of hydrogen-bond donors (Lipinski definition) is 3. The molecule has 6 heterocycles. The molecule has 344 valence electrons. The van der Waals surface area contributed by atoms with Crippen molar-refractivity contribution in [2.24, 2.45) is 16.8 Å². The number of rotatable bonds is 11. The number of aliphatic imine (C=N–C) groups is 1. The summed E-state index contributed by atoms with van der Waals surface area (Å²) < 4.78 is 21.9. The molecule has 65 heavy (non-hydrogen) atoms. The van der Waals surface area contributed by atoms with E-state index in [0.717, 1.165) is 106 Å². The molecule has 5 aliphatic rings. The molecule has 15 heteroatoms. The smallest absolute Gasteiger partial charge is 0.407 e. The number of hydrogen-bond acceptors (Lipinski definition) is 10. The fourth-order valence-electron chi connectivity index (χ4n) is 10.9. The number of ether oxygens (including phenoxy) is 4. The first kappa shape index (κ1) is 44.3. The Hall–Kier alpha value is -5.96. The van der Waals surface area contributed by atoms with Gasteiger partial charge in [0.15, 0.2) is 0 Å². The number of carbonyl (C=O) groups excluding carboxylic acids is 4. The minimum absolute atomic E-state index is 0.0124. The number of H-pyrrole nitrogens is 1. The lowest BCUT2D eigenvalue weighted by Crippen LogP contribution is -2.55. The van der Waals surface area contributed by atoms with Crippen molar-refractivity contribution in [3.8, 4) is 28.1 Å². The van der Waals surface area contributed by atoms with E-state index in [-0.39, 0.29) is 47.8 Å². The van der Waals surface area contributed by atoms with Crippen LogP contribution in [-0.4, -0.2) is 107 Å². The number of aromatic nitrogens is 2. The van der Waals surface area contributed by atoms with E-state index in [0.29, 0.717) is 39.1 Å². The Morgan fingerprint density at radius 2 is 1.65 bits per heavy atom. The Balaban J connectivity index is 0.937. The third-order valence-electron chi connectivity index (χ3n) is 14.8. The largest absolute Gasteiger partial charge is 0.488 e. The Morgan fingerprint density at radius 1 is 0.877 bits per heavy atom. The van der Waals surface area contributed by atoms with Gasteiger partial charge in [0.2, 0.25) is 11.8 Å². The predicted molar refractivity (Wildman–Crippen MR) is 246 cm³/mol. The van der Waals surface area contributed by atoms with E-state index in [1.807, 2.05) is 29.8 Å². The van der Waals surface area contributed by atoms with Gasteiger partial charge < -0.3 is 44.4 Å². The normalized spacial score (nSPS) is 22.8. The Bertz CT molecular complexity index is 2510. The highest BCUT2D eigenvalue weighted by atomic mass is 16.5. The highest BCUT2D eigenvalue weighted by Gasteiger charge is 2.45. The number of imidazole rings is 1. The molecule has 3 N–H and O–H groups in total. The van der Waals surface area contributed by atoms with Crippen molar-refractivity contribution in [2.75, 3.05) is 27.4 Å². The molecule has 3 aromatic carbocycles. The van der Waals surface area contributed by atoms with Gasteiger partial charge in [-0.15, -0.1) is 0 Å². The zero-order valence-electron chi connectivity index (χ0n) is 38.3. The number of carbonyl (C=O) groups is 4. The van der Waals surface area contributed by atoms with Gasteiger partial charge in [-0.3, -0.25) is 14.6 Å². The molecule has 0 aliphatic carbocycles. The molecule has 0 saturated carbocycles. The van der Waals surface area contributed by atoms with E-state index in [9.17, 15) is 19.2 Å². The summed E-state index contributed by atoms with van der Waals surface area (Å²) in [6.07, 6.45) is 7.43. The van der Waals surface area contributed by atoms with Crippen molar-refractivity contribution in [1.29, 1.82) is 0 Å². The second-order valence-electron chi connectivity index (χ2n) is 18.4. The molecule has 3 saturated heterocycles. The molecule has 9 rings (SSSR count). The van der Waals surface area contributed by atoms with Gasteiger partial charge in [0.05, 0.1) is 43.9 Å². The van der Waals surface area contributed by atoms with Crippen molar-refractivity contribution < 1.29 is 38.1 Å². The van der Waals surface area contributed by atoms with Crippen molar-refractivity contribution in [3.63, 3.8) is 0 Å². The first-order valence-electron chi connectivity index (χ1n) is 23.4. The minimum atomic E-state index is -0.710. The number of alkyl carbamates (subject to hydrolysis) is 2. The van der Waals surface area contributed by atoms with Gasteiger partial charge in [-0.1, -0.05) is 45.4 Å². The first-order chi connectivity index (χ1) is 31.5. The summed E-state index contributed by atoms with van der Waals surface area (Å²) >= 11 is 0. The molecule has 4 aromatic rings. The fourth-order valence-corrected chi connectivity index (χ4v) is 10.9. The van der Waals surface area contributed by atoms with Crippen LogP contribution in [0.5, 0.6) is 5.75 Å². The Labute approximate surface area is 380 Å². The Kier molecular flexibility index (Phi) is 12.6. The summed E-state index contributed by atoms with van der Waals surface area (Å²) in [5.74, 6) is 1.23. The monoisotopic (exact) mass is 887 g/mol. The number of nitrogens with zero attached hydrogens (tertiary/aromatic N) is 4. The second-order valence-corrected chi connectivity index (χ2v) is 18.4. The van der Waals surface area contributed by atoms with Gasteiger partial charge >= 0.3 is 12.2 Å². The van der Waals surface area contributed by atoms with Crippen LogP contribution in [0.4, 0.5) is 15.3 Å². The number of benzene rings is 3. The zero-order chi connectivity index (χ0) is 45.5. The van der Waals surface area contributed by atoms with E-state index in [1.54, 1.807) is 0 Å². The van der Waals surface area contributed by atoms with Gasteiger partial charge in [0.25, 0.3) is 0 Å². The summed E-state index contributed by atoms with van der Waals surface area (Å²) in [4.78, 5) is 70.9. The summed E-state index contributed by atoms with van der Waals surface area (Å²) in [6, 6.07) is 13.2. The lowest BCUT2D eigenvalue weighted by molar-refractivity contribution is -0.139.